The third kappa shape index (κ3) is 8.20. The van der Waals surface area contributed by atoms with Gasteiger partial charge in [0.2, 0.25) is 0 Å². The first-order valence-electron chi connectivity index (χ1n) is 8.34. The molecule has 1 unspecified atom stereocenters. The van der Waals surface area contributed by atoms with Gasteiger partial charge in [0.1, 0.15) is 0 Å². The van der Waals surface area contributed by atoms with Crippen molar-refractivity contribution in [1.82, 2.24) is 9.80 Å². The fourth-order valence-corrected chi connectivity index (χ4v) is 2.56. The zero-order valence-electron chi connectivity index (χ0n) is 13.8. The lowest BCUT2D eigenvalue weighted by atomic mass is 10.1. The molecule has 0 aromatic carbocycles. The second-order valence-corrected chi connectivity index (χ2v) is 6.63. The topological polar surface area (TPSA) is 41.7 Å². The Morgan fingerprint density at radius 1 is 1.00 bits per heavy atom. The summed E-state index contributed by atoms with van der Waals surface area (Å²) < 4.78 is 5.73. The predicted octanol–water partition coefficient (Wildman–Crippen LogP) is 1.65. The summed E-state index contributed by atoms with van der Waals surface area (Å²) in [4.78, 5) is 5.11. The van der Waals surface area contributed by atoms with Crippen molar-refractivity contribution in [2.75, 3.05) is 59.0 Å². The summed E-state index contributed by atoms with van der Waals surface area (Å²) in [6.45, 7) is 16.3. The molecule has 1 aliphatic heterocycles. The van der Waals surface area contributed by atoms with Gasteiger partial charge < -0.3 is 15.4 Å². The fourth-order valence-electron chi connectivity index (χ4n) is 2.56. The molecule has 0 amide bonds. The van der Waals surface area contributed by atoms with E-state index in [9.17, 15) is 0 Å². The molecule has 1 fully saturated rings. The van der Waals surface area contributed by atoms with Gasteiger partial charge in [-0.05, 0) is 44.3 Å². The highest BCUT2D eigenvalue weighted by molar-refractivity contribution is 4.71. The minimum atomic E-state index is 0.612. The minimum absolute atomic E-state index is 0.612. The fraction of sp³-hybridized carbons (Fsp3) is 1.00. The Kier molecular flexibility index (Phi) is 9.44. The monoisotopic (exact) mass is 285 g/mol. The smallest absolute Gasteiger partial charge is 0.0593 e. The number of nitrogens with two attached hydrogens (primary N) is 1. The van der Waals surface area contributed by atoms with Crippen LogP contribution in [0, 0.1) is 11.8 Å². The first-order chi connectivity index (χ1) is 9.61. The van der Waals surface area contributed by atoms with Gasteiger partial charge in [-0.1, -0.05) is 20.8 Å². The van der Waals surface area contributed by atoms with E-state index in [1.807, 2.05) is 0 Å². The average Bonchev–Trinajstić information content (AvgIpc) is 2.63. The molecule has 4 nitrogen and oxygen atoms in total. The van der Waals surface area contributed by atoms with E-state index in [4.69, 9.17) is 10.5 Å². The van der Waals surface area contributed by atoms with Crippen LogP contribution in [0.4, 0.5) is 0 Å². The molecule has 120 valence electrons. The van der Waals surface area contributed by atoms with Crippen LogP contribution in [0.25, 0.3) is 0 Å². The molecule has 2 N–H and O–H groups in total. The highest BCUT2D eigenvalue weighted by Crippen LogP contribution is 2.06. The first kappa shape index (κ1) is 17.9. The Balaban J connectivity index is 2.10. The van der Waals surface area contributed by atoms with Crippen molar-refractivity contribution in [3.05, 3.63) is 0 Å². The van der Waals surface area contributed by atoms with Crippen LogP contribution in [0.2, 0.25) is 0 Å². The number of hydrogen-bond acceptors (Lipinski definition) is 4. The molecule has 1 rings (SSSR count). The summed E-state index contributed by atoms with van der Waals surface area (Å²) in [6, 6.07) is 0. The van der Waals surface area contributed by atoms with Crippen LogP contribution in [0.5, 0.6) is 0 Å². The first-order valence-corrected chi connectivity index (χ1v) is 8.34. The van der Waals surface area contributed by atoms with Crippen LogP contribution in [-0.2, 0) is 4.74 Å². The van der Waals surface area contributed by atoms with E-state index in [1.165, 1.54) is 39.0 Å². The van der Waals surface area contributed by atoms with Gasteiger partial charge in [0.25, 0.3) is 0 Å². The van der Waals surface area contributed by atoms with E-state index >= 15 is 0 Å². The Morgan fingerprint density at radius 3 is 2.40 bits per heavy atom. The maximum atomic E-state index is 5.73. The van der Waals surface area contributed by atoms with E-state index in [0.29, 0.717) is 5.92 Å². The molecule has 1 aliphatic rings. The zero-order chi connectivity index (χ0) is 14.8. The van der Waals surface area contributed by atoms with E-state index in [2.05, 4.69) is 30.6 Å². The van der Waals surface area contributed by atoms with Gasteiger partial charge in [-0.3, -0.25) is 4.90 Å². The lowest BCUT2D eigenvalue weighted by Crippen LogP contribution is -2.36. The standard InChI is InChI=1S/C16H35N3O/c1-15(2)5-11-20-12-10-18-6-4-7-19(9-8-18)14-16(3)13-17/h15-16H,4-14,17H2,1-3H3. The minimum Gasteiger partial charge on any atom is -0.380 e. The van der Waals surface area contributed by atoms with Gasteiger partial charge in [-0.2, -0.15) is 0 Å². The predicted molar refractivity (Wildman–Crippen MR) is 86.0 cm³/mol. The molecule has 4 heteroatoms. The Morgan fingerprint density at radius 2 is 1.70 bits per heavy atom. The summed E-state index contributed by atoms with van der Waals surface area (Å²) in [5.74, 6) is 1.35. The van der Waals surface area contributed by atoms with Gasteiger partial charge in [-0.15, -0.1) is 0 Å². The molecule has 1 heterocycles. The van der Waals surface area contributed by atoms with Crippen LogP contribution in [0.1, 0.15) is 33.6 Å². The van der Waals surface area contributed by atoms with Crippen LogP contribution in [0.3, 0.4) is 0 Å². The van der Waals surface area contributed by atoms with Gasteiger partial charge in [0.05, 0.1) is 6.61 Å². The lowest BCUT2D eigenvalue weighted by Gasteiger charge is -2.24. The maximum Gasteiger partial charge on any atom is 0.0593 e. The van der Waals surface area contributed by atoms with Gasteiger partial charge >= 0.3 is 0 Å². The molecule has 0 bridgehead atoms. The molecule has 0 aromatic rings. The molecule has 0 aliphatic carbocycles. The van der Waals surface area contributed by atoms with Gasteiger partial charge in [0.15, 0.2) is 0 Å². The Hall–Kier alpha value is -0.160. The highest BCUT2D eigenvalue weighted by atomic mass is 16.5. The summed E-state index contributed by atoms with van der Waals surface area (Å²) in [5.41, 5.74) is 5.72. The lowest BCUT2D eigenvalue weighted by molar-refractivity contribution is 0.0967. The quantitative estimate of drug-likeness (QED) is 0.654. The third-order valence-electron chi connectivity index (χ3n) is 4.04. The maximum absolute atomic E-state index is 5.73. The Labute approximate surface area is 125 Å². The van der Waals surface area contributed by atoms with Crippen LogP contribution in [0.15, 0.2) is 0 Å². The second-order valence-electron chi connectivity index (χ2n) is 6.63. The van der Waals surface area contributed by atoms with Crippen LogP contribution in [-0.4, -0.2) is 68.8 Å². The molecule has 1 atom stereocenters. The summed E-state index contributed by atoms with van der Waals surface area (Å²) in [6.07, 6.45) is 2.44. The summed E-state index contributed by atoms with van der Waals surface area (Å²) in [7, 11) is 0. The van der Waals surface area contributed by atoms with E-state index in [0.717, 1.165) is 38.8 Å². The van der Waals surface area contributed by atoms with Crippen molar-refractivity contribution in [2.24, 2.45) is 17.6 Å². The molecule has 0 aromatic heterocycles. The third-order valence-corrected chi connectivity index (χ3v) is 4.04. The molecule has 1 saturated heterocycles. The van der Waals surface area contributed by atoms with E-state index in [-0.39, 0.29) is 0 Å². The van der Waals surface area contributed by atoms with Crippen molar-refractivity contribution in [2.45, 2.75) is 33.6 Å². The second kappa shape index (κ2) is 10.6. The molecule has 0 radical (unpaired) electrons. The molecular weight excluding hydrogens is 250 g/mol. The van der Waals surface area contributed by atoms with Crippen LogP contribution < -0.4 is 5.73 Å². The van der Waals surface area contributed by atoms with E-state index in [1.54, 1.807) is 0 Å². The Bertz CT molecular complexity index is 236. The zero-order valence-corrected chi connectivity index (χ0v) is 13.8. The van der Waals surface area contributed by atoms with Crippen molar-refractivity contribution < 1.29 is 4.74 Å². The molecule has 0 spiro atoms. The van der Waals surface area contributed by atoms with Crippen molar-refractivity contribution >= 4 is 0 Å². The van der Waals surface area contributed by atoms with Crippen molar-refractivity contribution in [3.8, 4) is 0 Å². The summed E-state index contributed by atoms with van der Waals surface area (Å²) in [5, 5.41) is 0. The normalized spacial score (nSPS) is 20.2. The summed E-state index contributed by atoms with van der Waals surface area (Å²) >= 11 is 0. The molecule has 20 heavy (non-hydrogen) atoms. The van der Waals surface area contributed by atoms with Crippen molar-refractivity contribution in [1.29, 1.82) is 0 Å². The average molecular weight is 285 g/mol. The SMILES string of the molecule is CC(C)CCOCCN1CCCN(CC(C)CN)CC1. The van der Waals surface area contributed by atoms with Gasteiger partial charge in [0, 0.05) is 32.8 Å². The number of hydrogen-bond donors (Lipinski definition) is 1. The van der Waals surface area contributed by atoms with Crippen molar-refractivity contribution in [3.63, 3.8) is 0 Å². The molecular formula is C16H35N3O. The number of ether oxygens (including phenoxy) is 1. The van der Waals surface area contributed by atoms with Crippen LogP contribution >= 0.6 is 0 Å². The van der Waals surface area contributed by atoms with E-state index < -0.39 is 0 Å². The number of rotatable bonds is 9. The van der Waals surface area contributed by atoms with Gasteiger partial charge in [-0.25, -0.2) is 0 Å². The molecule has 0 saturated carbocycles. The highest BCUT2D eigenvalue weighted by Gasteiger charge is 2.15. The number of nitrogens with zero attached hydrogens (tertiary/aromatic N) is 2. The largest absolute Gasteiger partial charge is 0.380 e.